The molecule has 0 radical (unpaired) electrons. The monoisotopic (exact) mass is 516 g/mol. The van der Waals surface area contributed by atoms with Crippen molar-refractivity contribution in [2.45, 2.75) is 39.1 Å². The molecule has 34 heavy (non-hydrogen) atoms. The van der Waals surface area contributed by atoms with Crippen LogP contribution in [0.25, 0.3) is 10.2 Å². The van der Waals surface area contributed by atoms with Gasteiger partial charge in [-0.25, -0.2) is 13.4 Å². The van der Waals surface area contributed by atoms with Crippen molar-refractivity contribution >= 4 is 54.0 Å². The molecule has 0 spiro atoms. The zero-order valence-corrected chi connectivity index (χ0v) is 21.8. The van der Waals surface area contributed by atoms with Crippen molar-refractivity contribution in [3.05, 3.63) is 70.0 Å². The smallest absolute Gasteiger partial charge is 0.260 e. The van der Waals surface area contributed by atoms with Gasteiger partial charge in [-0.2, -0.15) is 5.10 Å². The van der Waals surface area contributed by atoms with Crippen LogP contribution in [0.3, 0.4) is 0 Å². The van der Waals surface area contributed by atoms with Gasteiger partial charge in [0.05, 0.1) is 33.1 Å². The topological polar surface area (TPSA) is 85.2 Å². The van der Waals surface area contributed by atoms with Gasteiger partial charge in [-0.05, 0) is 68.8 Å². The molecular formula is C24H25ClN4O3S2. The number of thiazole rings is 1. The van der Waals surface area contributed by atoms with Crippen molar-refractivity contribution in [1.82, 2.24) is 14.8 Å². The molecule has 2 aromatic carbocycles. The number of anilines is 1. The largest absolute Gasteiger partial charge is 0.282 e. The van der Waals surface area contributed by atoms with E-state index in [9.17, 15) is 13.2 Å². The van der Waals surface area contributed by atoms with Crippen LogP contribution in [0.4, 0.5) is 5.13 Å². The Labute approximate surface area is 207 Å². The molecule has 0 aliphatic heterocycles. The van der Waals surface area contributed by atoms with Gasteiger partial charge in [-0.3, -0.25) is 14.4 Å². The van der Waals surface area contributed by atoms with Crippen molar-refractivity contribution in [3.8, 4) is 0 Å². The van der Waals surface area contributed by atoms with Gasteiger partial charge in [0.15, 0.2) is 15.0 Å². The van der Waals surface area contributed by atoms with Crippen LogP contribution in [0.15, 0.2) is 47.4 Å². The number of rotatable bonds is 7. The average Bonchev–Trinajstić information content (AvgIpc) is 3.36. The second-order valence-corrected chi connectivity index (χ2v) is 11.8. The Kier molecular flexibility index (Phi) is 6.80. The molecular weight excluding hydrogens is 492 g/mol. The number of benzene rings is 2. The third-order valence-corrected chi connectivity index (χ3v) is 8.59. The lowest BCUT2D eigenvalue weighted by Gasteiger charge is -2.20. The molecule has 2 aromatic heterocycles. The second-order valence-electron chi connectivity index (χ2n) is 8.10. The van der Waals surface area contributed by atoms with Crippen LogP contribution in [-0.4, -0.2) is 41.4 Å². The van der Waals surface area contributed by atoms with Crippen LogP contribution in [0.5, 0.6) is 0 Å². The van der Waals surface area contributed by atoms with E-state index in [0.717, 1.165) is 27.2 Å². The van der Waals surface area contributed by atoms with E-state index in [4.69, 9.17) is 16.6 Å². The Bertz CT molecular complexity index is 1470. The average molecular weight is 517 g/mol. The van der Waals surface area contributed by atoms with Gasteiger partial charge in [0.25, 0.3) is 5.91 Å². The molecule has 0 atom stereocenters. The highest BCUT2D eigenvalue weighted by Crippen LogP contribution is 2.33. The summed E-state index contributed by atoms with van der Waals surface area (Å²) in [7, 11) is -3.35. The zero-order valence-electron chi connectivity index (χ0n) is 19.4. The highest BCUT2D eigenvalue weighted by molar-refractivity contribution is 7.91. The summed E-state index contributed by atoms with van der Waals surface area (Å²) in [6.45, 7) is 8.27. The Morgan fingerprint density at radius 3 is 2.44 bits per heavy atom. The number of sulfone groups is 1. The maximum absolute atomic E-state index is 13.6. The minimum Gasteiger partial charge on any atom is -0.282 e. The maximum atomic E-state index is 13.6. The lowest BCUT2D eigenvalue weighted by Crippen LogP contribution is -2.34. The molecule has 0 N–H and O–H groups in total. The molecule has 0 fully saturated rings. The highest BCUT2D eigenvalue weighted by Gasteiger charge is 2.23. The van der Waals surface area contributed by atoms with Gasteiger partial charge in [0.1, 0.15) is 0 Å². The molecule has 10 heteroatoms. The summed E-state index contributed by atoms with van der Waals surface area (Å²) in [5.41, 5.74) is 4.04. The third kappa shape index (κ3) is 4.87. The lowest BCUT2D eigenvalue weighted by atomic mass is 10.2. The number of aryl methyl sites for hydroxylation is 3. The van der Waals surface area contributed by atoms with Crippen LogP contribution in [0.1, 0.15) is 34.2 Å². The normalized spacial score (nSPS) is 11.8. The Morgan fingerprint density at radius 2 is 1.82 bits per heavy atom. The number of aromatic nitrogens is 3. The first kappa shape index (κ1) is 24.4. The summed E-state index contributed by atoms with van der Waals surface area (Å²) in [5, 5.41) is 5.67. The van der Waals surface area contributed by atoms with Crippen LogP contribution < -0.4 is 4.90 Å². The minimum atomic E-state index is -3.35. The van der Waals surface area contributed by atoms with E-state index in [-0.39, 0.29) is 16.6 Å². The van der Waals surface area contributed by atoms with Crippen LogP contribution in [-0.2, 0) is 16.4 Å². The predicted octanol–water partition coefficient (Wildman–Crippen LogP) is 5.21. The number of fused-ring (bicyclic) bond motifs is 1. The first-order valence-electron chi connectivity index (χ1n) is 10.8. The summed E-state index contributed by atoms with van der Waals surface area (Å²) in [6, 6.07) is 11.7. The fraction of sp³-hybridized carbons (Fsp3) is 0.292. The summed E-state index contributed by atoms with van der Waals surface area (Å²) in [6.07, 6.45) is 0. The van der Waals surface area contributed by atoms with Crippen LogP contribution in [0, 0.1) is 20.8 Å². The van der Waals surface area contributed by atoms with Crippen molar-refractivity contribution in [2.75, 3.05) is 17.2 Å². The van der Waals surface area contributed by atoms with Crippen molar-refractivity contribution in [3.63, 3.8) is 0 Å². The maximum Gasteiger partial charge on any atom is 0.260 e. The molecule has 0 aliphatic carbocycles. The van der Waals surface area contributed by atoms with E-state index >= 15 is 0 Å². The van der Waals surface area contributed by atoms with Crippen LogP contribution >= 0.6 is 22.9 Å². The number of halogens is 1. The highest BCUT2D eigenvalue weighted by atomic mass is 35.5. The molecule has 0 bridgehead atoms. The van der Waals surface area contributed by atoms with Crippen molar-refractivity contribution in [1.29, 1.82) is 0 Å². The van der Waals surface area contributed by atoms with E-state index in [0.29, 0.717) is 28.8 Å². The number of hydrogen-bond donors (Lipinski definition) is 0. The van der Waals surface area contributed by atoms with Gasteiger partial charge in [-0.15, -0.1) is 0 Å². The molecule has 7 nitrogen and oxygen atoms in total. The fourth-order valence-corrected chi connectivity index (χ4v) is 6.09. The molecule has 4 aromatic rings. The number of carbonyl (C=O) groups is 1. The number of amides is 1. The molecule has 1 amide bonds. The van der Waals surface area contributed by atoms with E-state index < -0.39 is 9.84 Å². The molecule has 0 aliphatic rings. The van der Waals surface area contributed by atoms with Crippen molar-refractivity contribution in [2.24, 2.45) is 0 Å². The standard InChI is InChI=1S/C24H25ClN4O3S2/c1-5-34(31,32)20-8-6-18(7-9-20)23(30)28(10-11-29-17(4)13-16(3)27-29)24-26-22-15(2)12-19(25)14-21(22)33-24/h6-9,12-14H,5,10-11H2,1-4H3. The van der Waals surface area contributed by atoms with E-state index in [1.54, 1.807) is 24.0 Å². The van der Waals surface area contributed by atoms with E-state index in [1.807, 2.05) is 43.7 Å². The van der Waals surface area contributed by atoms with Gasteiger partial charge in [0.2, 0.25) is 0 Å². The molecule has 2 heterocycles. The second kappa shape index (κ2) is 9.48. The Balaban J connectivity index is 1.72. The van der Waals surface area contributed by atoms with Crippen LogP contribution in [0.2, 0.25) is 5.02 Å². The third-order valence-electron chi connectivity index (χ3n) is 5.59. The van der Waals surface area contributed by atoms with Gasteiger partial charge >= 0.3 is 0 Å². The summed E-state index contributed by atoms with van der Waals surface area (Å²) in [4.78, 5) is 20.2. The molecule has 178 valence electrons. The number of hydrogen-bond acceptors (Lipinski definition) is 6. The summed E-state index contributed by atoms with van der Waals surface area (Å²) >= 11 is 7.63. The molecule has 0 saturated carbocycles. The summed E-state index contributed by atoms with van der Waals surface area (Å²) in [5.74, 6) is -0.257. The van der Waals surface area contributed by atoms with Gasteiger partial charge in [-0.1, -0.05) is 29.9 Å². The minimum absolute atomic E-state index is 0.00265. The predicted molar refractivity (Wildman–Crippen MR) is 137 cm³/mol. The number of carbonyl (C=O) groups excluding carboxylic acids is 1. The quantitative estimate of drug-likeness (QED) is 0.336. The SMILES string of the molecule is CCS(=O)(=O)c1ccc(C(=O)N(CCn2nc(C)cc2C)c2nc3c(C)cc(Cl)cc3s2)cc1. The molecule has 0 saturated heterocycles. The van der Waals surface area contributed by atoms with E-state index in [2.05, 4.69) is 5.10 Å². The Hall–Kier alpha value is -2.75. The first-order chi connectivity index (χ1) is 16.1. The molecule has 4 rings (SSSR count). The van der Waals surface area contributed by atoms with E-state index in [1.165, 1.54) is 23.5 Å². The Morgan fingerprint density at radius 1 is 1.12 bits per heavy atom. The van der Waals surface area contributed by atoms with Crippen molar-refractivity contribution < 1.29 is 13.2 Å². The first-order valence-corrected chi connectivity index (χ1v) is 13.7. The lowest BCUT2D eigenvalue weighted by molar-refractivity contribution is 0.0985. The fourth-order valence-electron chi connectivity index (χ4n) is 3.77. The van der Waals surface area contributed by atoms with Gasteiger partial charge in [0, 0.05) is 22.8 Å². The zero-order chi connectivity index (χ0) is 24.6. The number of nitrogens with zero attached hydrogens (tertiary/aromatic N) is 4. The summed E-state index contributed by atoms with van der Waals surface area (Å²) < 4.78 is 27.1. The molecule has 0 unspecified atom stereocenters. The van der Waals surface area contributed by atoms with Gasteiger partial charge < -0.3 is 0 Å².